The van der Waals surface area contributed by atoms with Crippen molar-refractivity contribution in [3.63, 3.8) is 0 Å². The fourth-order valence-corrected chi connectivity index (χ4v) is 4.15. The quantitative estimate of drug-likeness (QED) is 0.258. The third-order valence-corrected chi connectivity index (χ3v) is 5.76. The molecule has 0 unspecified atom stereocenters. The molecule has 3 heterocycles. The van der Waals surface area contributed by atoms with Crippen LogP contribution in [0.4, 0.5) is 18.9 Å². The molecule has 190 valence electrons. The largest absolute Gasteiger partial charge is 0.449 e. The summed E-state index contributed by atoms with van der Waals surface area (Å²) in [5, 5.41) is 6.54. The number of nitrogens with zero attached hydrogens (tertiary/aromatic N) is 5. The normalized spacial score (nSPS) is 11.4. The Labute approximate surface area is 222 Å². The number of anilines is 1. The zero-order valence-electron chi connectivity index (χ0n) is 18.3. The number of nitrogens with one attached hydrogen (secondary N) is 1. The summed E-state index contributed by atoms with van der Waals surface area (Å²) in [6.45, 7) is -0.418. The van der Waals surface area contributed by atoms with Crippen LogP contribution in [0.2, 0.25) is 10.0 Å². The molecule has 1 N–H and O–H groups in total. The minimum absolute atomic E-state index is 0. The van der Waals surface area contributed by atoms with Gasteiger partial charge in [0.05, 0.1) is 26.8 Å². The molecular weight excluding hydrogens is 556 g/mol. The van der Waals surface area contributed by atoms with E-state index in [1.807, 2.05) is 0 Å². The molecule has 14 heteroatoms. The minimum atomic E-state index is -4.81. The molecule has 3 aromatic heterocycles. The number of hydrogen-bond donors (Lipinski definition) is 1. The van der Waals surface area contributed by atoms with E-state index in [0.29, 0.717) is 5.69 Å². The molecule has 8 nitrogen and oxygen atoms in total. The number of hydrogen-bond acceptors (Lipinski definition) is 6. The van der Waals surface area contributed by atoms with Crippen LogP contribution >= 0.6 is 35.6 Å². The molecule has 5 rings (SSSR count). The van der Waals surface area contributed by atoms with Crippen LogP contribution in [0, 0.1) is 0 Å². The molecule has 0 saturated heterocycles. The van der Waals surface area contributed by atoms with Crippen molar-refractivity contribution >= 4 is 58.2 Å². The number of carbonyl (C=O) groups is 1. The van der Waals surface area contributed by atoms with Crippen LogP contribution < -0.4 is 5.32 Å². The summed E-state index contributed by atoms with van der Waals surface area (Å²) in [5.74, 6) is -1.85. The summed E-state index contributed by atoms with van der Waals surface area (Å²) in [6, 6.07) is 13.9. The number of pyridine rings is 1. The second-order valence-corrected chi connectivity index (χ2v) is 8.28. The van der Waals surface area contributed by atoms with E-state index >= 15 is 0 Å². The van der Waals surface area contributed by atoms with Gasteiger partial charge >= 0.3 is 6.18 Å². The summed E-state index contributed by atoms with van der Waals surface area (Å²) in [6.07, 6.45) is -3.28. The highest BCUT2D eigenvalue weighted by Crippen LogP contribution is 2.35. The number of imidazole rings is 1. The van der Waals surface area contributed by atoms with Gasteiger partial charge in [0.2, 0.25) is 17.5 Å². The Balaban J connectivity index is 0.00000320. The highest BCUT2D eigenvalue weighted by molar-refractivity contribution is 6.40. The van der Waals surface area contributed by atoms with Crippen molar-refractivity contribution in [2.24, 2.45) is 0 Å². The van der Waals surface area contributed by atoms with Crippen LogP contribution in [0.1, 0.15) is 22.1 Å². The third-order valence-electron chi connectivity index (χ3n) is 5.13. The van der Waals surface area contributed by atoms with E-state index in [2.05, 4.69) is 25.4 Å². The molecule has 0 aliphatic heterocycles. The molecule has 2 aromatic carbocycles. The number of para-hydroxylation sites is 1. The molecule has 37 heavy (non-hydrogen) atoms. The predicted octanol–water partition coefficient (Wildman–Crippen LogP) is 6.53. The van der Waals surface area contributed by atoms with Crippen LogP contribution in [0.15, 0.2) is 65.3 Å². The number of rotatable bonds is 5. The Hall–Kier alpha value is -3.67. The van der Waals surface area contributed by atoms with E-state index in [1.165, 1.54) is 36.5 Å². The van der Waals surface area contributed by atoms with Crippen molar-refractivity contribution < 1.29 is 22.5 Å². The number of alkyl halides is 3. The lowest BCUT2D eigenvalue weighted by atomic mass is 10.2. The summed E-state index contributed by atoms with van der Waals surface area (Å²) in [7, 11) is 0. The van der Waals surface area contributed by atoms with E-state index in [0.717, 1.165) is 4.57 Å². The molecule has 0 fully saturated rings. The summed E-state index contributed by atoms with van der Waals surface area (Å²) in [4.78, 5) is 24.9. The van der Waals surface area contributed by atoms with Gasteiger partial charge in [-0.3, -0.25) is 9.78 Å². The lowest BCUT2D eigenvalue weighted by Crippen LogP contribution is -2.15. The number of benzene rings is 2. The molecule has 0 bridgehead atoms. The fourth-order valence-electron chi connectivity index (χ4n) is 3.58. The third kappa shape index (κ3) is 5.24. The van der Waals surface area contributed by atoms with Gasteiger partial charge in [0.15, 0.2) is 0 Å². The number of halogens is 6. The van der Waals surface area contributed by atoms with Crippen molar-refractivity contribution in [1.29, 1.82) is 0 Å². The predicted molar refractivity (Wildman–Crippen MR) is 133 cm³/mol. The Morgan fingerprint density at radius 3 is 2.41 bits per heavy atom. The Morgan fingerprint density at radius 2 is 1.73 bits per heavy atom. The molecule has 0 radical (unpaired) electrons. The van der Waals surface area contributed by atoms with Crippen LogP contribution in [-0.2, 0) is 12.7 Å². The maximum absolute atomic E-state index is 13.9. The zero-order chi connectivity index (χ0) is 25.4. The molecule has 1 amide bonds. The maximum atomic E-state index is 13.9. The summed E-state index contributed by atoms with van der Waals surface area (Å²) < 4.78 is 47.9. The fraction of sp³-hybridized carbons (Fsp3) is 0.0870. The standard InChI is InChI=1S/C23H13Cl2F3N6O2.ClH/c24-12-5-3-6-13(25)18(12)21(35)30-14-8-4-9-16-19(14)32-22(23(26,27)28)34(16)11-17-31-20(33-36-17)15-7-1-2-10-29-15;/h1-10H,11H2,(H,30,35);1H. The van der Waals surface area contributed by atoms with Gasteiger partial charge in [-0.25, -0.2) is 4.98 Å². The van der Waals surface area contributed by atoms with Gasteiger partial charge in [-0.05, 0) is 36.4 Å². The second-order valence-electron chi connectivity index (χ2n) is 7.47. The van der Waals surface area contributed by atoms with Crippen LogP contribution in [0.3, 0.4) is 0 Å². The second kappa shape index (κ2) is 10.4. The average molecular weight is 570 g/mol. The van der Waals surface area contributed by atoms with Crippen molar-refractivity contribution in [2.75, 3.05) is 5.32 Å². The van der Waals surface area contributed by atoms with Crippen molar-refractivity contribution in [2.45, 2.75) is 12.7 Å². The van der Waals surface area contributed by atoms with E-state index in [9.17, 15) is 18.0 Å². The Morgan fingerprint density at radius 1 is 1.00 bits per heavy atom. The van der Waals surface area contributed by atoms with Gasteiger partial charge in [0.25, 0.3) is 5.91 Å². The Bertz CT molecular complexity index is 1570. The Kier molecular flexibility index (Phi) is 7.39. The van der Waals surface area contributed by atoms with Gasteiger partial charge in [0, 0.05) is 6.20 Å². The molecule has 0 atom stereocenters. The van der Waals surface area contributed by atoms with E-state index < -0.39 is 24.5 Å². The first-order valence-corrected chi connectivity index (χ1v) is 11.0. The first-order chi connectivity index (χ1) is 17.2. The monoisotopic (exact) mass is 568 g/mol. The smallest absolute Gasteiger partial charge is 0.337 e. The average Bonchev–Trinajstić information content (AvgIpc) is 3.46. The zero-order valence-corrected chi connectivity index (χ0v) is 20.7. The lowest BCUT2D eigenvalue weighted by Gasteiger charge is -2.10. The van der Waals surface area contributed by atoms with Gasteiger partial charge < -0.3 is 14.4 Å². The molecule has 5 aromatic rings. The van der Waals surface area contributed by atoms with Crippen LogP contribution in [0.25, 0.3) is 22.6 Å². The summed E-state index contributed by atoms with van der Waals surface area (Å²) >= 11 is 12.2. The summed E-state index contributed by atoms with van der Waals surface area (Å²) in [5.41, 5.74) is 0.426. The highest BCUT2D eigenvalue weighted by atomic mass is 35.5. The maximum Gasteiger partial charge on any atom is 0.449 e. The van der Waals surface area contributed by atoms with Crippen molar-refractivity contribution in [1.82, 2.24) is 24.7 Å². The van der Waals surface area contributed by atoms with Crippen LogP contribution in [0.5, 0.6) is 0 Å². The van der Waals surface area contributed by atoms with E-state index in [1.54, 1.807) is 24.3 Å². The molecule has 0 spiro atoms. The lowest BCUT2D eigenvalue weighted by molar-refractivity contribution is -0.146. The topological polar surface area (TPSA) is 98.7 Å². The SMILES string of the molecule is Cl.O=C(Nc1cccc2c1nc(C(F)(F)F)n2Cc1nc(-c2ccccn2)no1)c1c(Cl)cccc1Cl. The van der Waals surface area contributed by atoms with Gasteiger partial charge in [-0.2, -0.15) is 18.2 Å². The first kappa shape index (κ1) is 26.4. The van der Waals surface area contributed by atoms with E-state index in [4.69, 9.17) is 27.7 Å². The minimum Gasteiger partial charge on any atom is -0.337 e. The number of carbonyl (C=O) groups excluding carboxylic acids is 1. The van der Waals surface area contributed by atoms with Gasteiger partial charge in [-0.15, -0.1) is 12.4 Å². The first-order valence-electron chi connectivity index (χ1n) is 10.3. The van der Waals surface area contributed by atoms with Crippen LogP contribution in [-0.4, -0.2) is 30.6 Å². The van der Waals surface area contributed by atoms with Gasteiger partial charge in [-0.1, -0.05) is 46.6 Å². The number of aromatic nitrogens is 5. The molecule has 0 saturated carbocycles. The van der Waals surface area contributed by atoms with Gasteiger partial charge in [0.1, 0.15) is 17.8 Å². The van der Waals surface area contributed by atoms with E-state index in [-0.39, 0.29) is 56.5 Å². The molecular formula is C23H14Cl3F3N6O2. The number of amides is 1. The number of fused-ring (bicyclic) bond motifs is 1. The van der Waals surface area contributed by atoms with Crippen molar-refractivity contribution in [3.05, 3.63) is 88.1 Å². The molecule has 0 aliphatic carbocycles. The van der Waals surface area contributed by atoms with Crippen molar-refractivity contribution in [3.8, 4) is 11.5 Å². The highest BCUT2D eigenvalue weighted by Gasteiger charge is 2.38. The molecule has 0 aliphatic rings.